The van der Waals surface area contributed by atoms with Crippen LogP contribution in [0.15, 0.2) is 23.5 Å². The smallest absolute Gasteiger partial charge is 0.339 e. The fraction of sp³-hybridized carbons (Fsp3) is 0. The summed E-state index contributed by atoms with van der Waals surface area (Å²) in [5, 5.41) is 8.69. The van der Waals surface area contributed by atoms with Gasteiger partial charge in [0, 0.05) is 12.4 Å². The highest BCUT2D eigenvalue weighted by atomic mass is 16.4. The number of guanidine groups is 1. The number of rotatable bonds is 2. The van der Waals surface area contributed by atoms with Gasteiger partial charge >= 0.3 is 5.97 Å². The number of nitrogens with two attached hydrogens (primary N) is 2. The van der Waals surface area contributed by atoms with Gasteiger partial charge in [0.1, 0.15) is 5.56 Å². The maximum Gasteiger partial charge on any atom is 0.339 e. The number of nitrogens with zero attached hydrogens (tertiary/aromatic N) is 2. The summed E-state index contributed by atoms with van der Waals surface area (Å²) in [5.74, 6) is -1.30. The molecule has 1 aromatic rings. The first-order valence-electron chi connectivity index (χ1n) is 3.38. The molecule has 0 aliphatic heterocycles. The lowest BCUT2D eigenvalue weighted by Crippen LogP contribution is -2.22. The van der Waals surface area contributed by atoms with Crippen molar-refractivity contribution in [1.29, 1.82) is 0 Å². The van der Waals surface area contributed by atoms with E-state index in [2.05, 4.69) is 9.98 Å². The molecule has 0 bridgehead atoms. The van der Waals surface area contributed by atoms with Crippen LogP contribution in [-0.2, 0) is 0 Å². The molecule has 0 unspecified atom stereocenters. The molecule has 0 saturated heterocycles. The fourth-order valence-electron chi connectivity index (χ4n) is 0.788. The van der Waals surface area contributed by atoms with E-state index < -0.39 is 5.97 Å². The van der Waals surface area contributed by atoms with Gasteiger partial charge in [0.2, 0.25) is 0 Å². The third-order valence-corrected chi connectivity index (χ3v) is 1.28. The zero-order valence-electron chi connectivity index (χ0n) is 6.64. The van der Waals surface area contributed by atoms with Gasteiger partial charge in [-0.1, -0.05) is 0 Å². The van der Waals surface area contributed by atoms with Crippen LogP contribution in [0.3, 0.4) is 0 Å². The van der Waals surface area contributed by atoms with E-state index in [1.54, 1.807) is 0 Å². The molecule has 0 fully saturated rings. The Balaban J connectivity index is 3.20. The van der Waals surface area contributed by atoms with E-state index in [9.17, 15) is 4.79 Å². The lowest BCUT2D eigenvalue weighted by Gasteiger charge is -1.98. The minimum atomic E-state index is -1.12. The summed E-state index contributed by atoms with van der Waals surface area (Å²) >= 11 is 0. The first-order valence-corrected chi connectivity index (χ1v) is 3.38. The number of hydrogen-bond acceptors (Lipinski definition) is 3. The van der Waals surface area contributed by atoms with Gasteiger partial charge in [0.05, 0.1) is 5.69 Å². The number of aromatic carboxylic acids is 1. The average molecular weight is 180 g/mol. The first kappa shape index (κ1) is 8.98. The topological polar surface area (TPSA) is 115 Å². The lowest BCUT2D eigenvalue weighted by molar-refractivity contribution is 0.0697. The van der Waals surface area contributed by atoms with Gasteiger partial charge in [-0.15, -0.1) is 0 Å². The van der Waals surface area contributed by atoms with Crippen molar-refractivity contribution in [3.8, 4) is 0 Å². The van der Waals surface area contributed by atoms with E-state index in [-0.39, 0.29) is 17.2 Å². The normalized spacial score (nSPS) is 9.23. The van der Waals surface area contributed by atoms with Gasteiger partial charge in [-0.2, -0.15) is 0 Å². The van der Waals surface area contributed by atoms with E-state index in [0.717, 1.165) is 0 Å². The van der Waals surface area contributed by atoms with Crippen molar-refractivity contribution in [1.82, 2.24) is 4.98 Å². The molecule has 68 valence electrons. The number of pyridine rings is 1. The second-order valence-corrected chi connectivity index (χ2v) is 2.23. The zero-order valence-corrected chi connectivity index (χ0v) is 6.64. The van der Waals surface area contributed by atoms with Gasteiger partial charge in [-0.05, 0) is 6.07 Å². The van der Waals surface area contributed by atoms with Crippen molar-refractivity contribution in [3.63, 3.8) is 0 Å². The van der Waals surface area contributed by atoms with E-state index in [1.807, 2.05) is 0 Å². The highest BCUT2D eigenvalue weighted by molar-refractivity contribution is 5.94. The third kappa shape index (κ3) is 2.16. The molecule has 0 amide bonds. The molecule has 0 spiro atoms. The van der Waals surface area contributed by atoms with Crippen molar-refractivity contribution in [2.75, 3.05) is 0 Å². The minimum Gasteiger partial charge on any atom is -0.478 e. The summed E-state index contributed by atoms with van der Waals surface area (Å²) in [7, 11) is 0. The Morgan fingerprint density at radius 3 is 2.77 bits per heavy atom. The van der Waals surface area contributed by atoms with Crippen LogP contribution in [0.5, 0.6) is 0 Å². The fourth-order valence-corrected chi connectivity index (χ4v) is 0.788. The Hall–Kier alpha value is -2.11. The van der Waals surface area contributed by atoms with Gasteiger partial charge in [0.25, 0.3) is 0 Å². The molecule has 6 heteroatoms. The maximum atomic E-state index is 10.6. The molecule has 0 saturated carbocycles. The number of carboxylic acid groups (broad SMARTS) is 1. The van der Waals surface area contributed by atoms with Crippen LogP contribution in [0.2, 0.25) is 0 Å². The molecular formula is C7H8N4O2. The molecule has 0 radical (unpaired) electrons. The molecule has 1 heterocycles. The molecule has 13 heavy (non-hydrogen) atoms. The third-order valence-electron chi connectivity index (χ3n) is 1.28. The SMILES string of the molecule is NC(N)=Nc1ccncc1C(=O)O. The molecule has 0 aliphatic rings. The van der Waals surface area contributed by atoms with E-state index in [1.165, 1.54) is 18.5 Å². The number of carbonyl (C=O) groups is 1. The average Bonchev–Trinajstić information content (AvgIpc) is 2.03. The van der Waals surface area contributed by atoms with Crippen LogP contribution < -0.4 is 11.5 Å². The number of carboxylic acids is 1. The van der Waals surface area contributed by atoms with Crippen LogP contribution in [0.1, 0.15) is 10.4 Å². The van der Waals surface area contributed by atoms with Crippen LogP contribution >= 0.6 is 0 Å². The highest BCUT2D eigenvalue weighted by Crippen LogP contribution is 2.16. The van der Waals surface area contributed by atoms with Gasteiger partial charge in [-0.25, -0.2) is 9.79 Å². The second kappa shape index (κ2) is 3.53. The van der Waals surface area contributed by atoms with E-state index >= 15 is 0 Å². The number of hydrogen-bond donors (Lipinski definition) is 3. The molecule has 0 aromatic carbocycles. The summed E-state index contributed by atoms with van der Waals surface area (Å²) in [6.07, 6.45) is 2.60. The Labute approximate surface area is 73.9 Å². The molecule has 0 aliphatic carbocycles. The Kier molecular flexibility index (Phi) is 2.44. The maximum absolute atomic E-state index is 10.6. The van der Waals surface area contributed by atoms with Crippen LogP contribution in [-0.4, -0.2) is 22.0 Å². The minimum absolute atomic E-state index is 0.0316. The van der Waals surface area contributed by atoms with E-state index in [4.69, 9.17) is 16.6 Å². The zero-order chi connectivity index (χ0) is 9.84. The quantitative estimate of drug-likeness (QED) is 0.426. The van der Waals surface area contributed by atoms with Gasteiger partial charge in [-0.3, -0.25) is 4.98 Å². The van der Waals surface area contributed by atoms with Gasteiger partial charge in [0.15, 0.2) is 5.96 Å². The summed E-state index contributed by atoms with van der Waals surface area (Å²) < 4.78 is 0. The predicted octanol–water partition coefficient (Wildman–Crippen LogP) is -0.315. The summed E-state index contributed by atoms with van der Waals surface area (Å²) in [6.45, 7) is 0. The first-order chi connectivity index (χ1) is 6.11. The van der Waals surface area contributed by atoms with Crippen molar-refractivity contribution in [3.05, 3.63) is 24.0 Å². The standard InChI is InChI=1S/C7H8N4O2/c8-7(9)11-5-1-2-10-3-4(5)6(12)13/h1-3H,(H,12,13)(H4,8,9,10,11). The van der Waals surface area contributed by atoms with E-state index in [0.29, 0.717) is 0 Å². The van der Waals surface area contributed by atoms with Gasteiger partial charge < -0.3 is 16.6 Å². The van der Waals surface area contributed by atoms with Crippen molar-refractivity contribution < 1.29 is 9.90 Å². The molecule has 1 aromatic heterocycles. The number of aliphatic imine (C=N–C) groups is 1. The molecule has 1 rings (SSSR count). The summed E-state index contributed by atoms with van der Waals surface area (Å²) in [5.41, 5.74) is 10.4. The summed E-state index contributed by atoms with van der Waals surface area (Å²) in [6, 6.07) is 1.42. The number of aromatic nitrogens is 1. The molecule has 6 nitrogen and oxygen atoms in total. The van der Waals surface area contributed by atoms with Crippen molar-refractivity contribution in [2.45, 2.75) is 0 Å². The van der Waals surface area contributed by atoms with Crippen LogP contribution in [0.25, 0.3) is 0 Å². The van der Waals surface area contributed by atoms with Crippen LogP contribution in [0.4, 0.5) is 5.69 Å². The molecule has 0 atom stereocenters. The Morgan fingerprint density at radius 1 is 1.54 bits per heavy atom. The summed E-state index contributed by atoms with van der Waals surface area (Å²) in [4.78, 5) is 17.9. The Bertz CT molecular complexity index is 357. The molecule has 5 N–H and O–H groups in total. The van der Waals surface area contributed by atoms with Crippen molar-refractivity contribution >= 4 is 17.6 Å². The lowest BCUT2D eigenvalue weighted by atomic mass is 10.2. The predicted molar refractivity (Wildman–Crippen MR) is 46.7 cm³/mol. The Morgan fingerprint density at radius 2 is 2.23 bits per heavy atom. The monoisotopic (exact) mass is 180 g/mol. The highest BCUT2D eigenvalue weighted by Gasteiger charge is 2.08. The molecular weight excluding hydrogens is 172 g/mol. The van der Waals surface area contributed by atoms with Crippen LogP contribution in [0, 0.1) is 0 Å². The second-order valence-electron chi connectivity index (χ2n) is 2.23. The van der Waals surface area contributed by atoms with Crippen molar-refractivity contribution in [2.24, 2.45) is 16.5 Å². The largest absolute Gasteiger partial charge is 0.478 e.